The Hall–Kier alpha value is -1.86. The van der Waals surface area contributed by atoms with E-state index in [0.717, 1.165) is 0 Å². The molecule has 7 heteroatoms. The molecule has 0 aliphatic rings. The van der Waals surface area contributed by atoms with Crippen LogP contribution in [0, 0.1) is 10.1 Å². The van der Waals surface area contributed by atoms with Crippen LogP contribution in [0.5, 0.6) is 0 Å². The van der Waals surface area contributed by atoms with Crippen molar-refractivity contribution < 1.29 is 15.1 Å². The van der Waals surface area contributed by atoms with Crippen LogP contribution in [-0.2, 0) is 0 Å². The minimum absolute atomic E-state index is 0.107. The Kier molecular flexibility index (Phi) is 5.08. The SMILES string of the molecule is CCC(CO)(CO)Nc1cccc(NC)c1[N+](=O)[O-]. The van der Waals surface area contributed by atoms with Crippen LogP contribution in [0.2, 0.25) is 0 Å². The summed E-state index contributed by atoms with van der Waals surface area (Å²) < 4.78 is 0. The fourth-order valence-corrected chi connectivity index (χ4v) is 1.77. The first-order valence-electron chi connectivity index (χ1n) is 5.98. The van der Waals surface area contributed by atoms with Crippen LogP contribution >= 0.6 is 0 Å². The summed E-state index contributed by atoms with van der Waals surface area (Å²) in [6.45, 7) is 1.15. The maximum atomic E-state index is 11.2. The molecule has 1 aromatic carbocycles. The van der Waals surface area contributed by atoms with Crippen LogP contribution < -0.4 is 10.6 Å². The van der Waals surface area contributed by atoms with Gasteiger partial charge in [-0.15, -0.1) is 0 Å². The van der Waals surface area contributed by atoms with Gasteiger partial charge in [0.05, 0.1) is 23.7 Å². The smallest absolute Gasteiger partial charge is 0.315 e. The van der Waals surface area contributed by atoms with E-state index >= 15 is 0 Å². The van der Waals surface area contributed by atoms with E-state index in [1.54, 1.807) is 32.2 Å². The molecule has 1 rings (SSSR count). The largest absolute Gasteiger partial charge is 0.394 e. The molecule has 0 spiro atoms. The van der Waals surface area contributed by atoms with Gasteiger partial charge < -0.3 is 20.8 Å². The minimum atomic E-state index is -0.975. The van der Waals surface area contributed by atoms with Crippen LogP contribution in [0.25, 0.3) is 0 Å². The van der Waals surface area contributed by atoms with Gasteiger partial charge in [0.1, 0.15) is 11.4 Å². The average Bonchev–Trinajstić information content (AvgIpc) is 2.44. The van der Waals surface area contributed by atoms with Crippen molar-refractivity contribution in [2.75, 3.05) is 30.9 Å². The highest BCUT2D eigenvalue weighted by atomic mass is 16.6. The number of nitro groups is 1. The average molecular weight is 269 g/mol. The van der Waals surface area contributed by atoms with E-state index < -0.39 is 10.5 Å². The number of nitro benzene ring substituents is 1. The minimum Gasteiger partial charge on any atom is -0.394 e. The normalized spacial score (nSPS) is 11.2. The number of benzene rings is 1. The molecule has 0 bridgehead atoms. The predicted molar refractivity (Wildman–Crippen MR) is 73.5 cm³/mol. The molecule has 1 aromatic rings. The summed E-state index contributed by atoms with van der Waals surface area (Å²) in [5.74, 6) is 0. The lowest BCUT2D eigenvalue weighted by Gasteiger charge is -2.30. The van der Waals surface area contributed by atoms with Crippen molar-refractivity contribution in [3.8, 4) is 0 Å². The topological polar surface area (TPSA) is 108 Å². The zero-order chi connectivity index (χ0) is 14.5. The fraction of sp³-hybridized carbons (Fsp3) is 0.500. The molecule has 0 aromatic heterocycles. The molecular formula is C12H19N3O4. The number of para-hydroxylation sites is 1. The number of hydrogen-bond donors (Lipinski definition) is 4. The number of anilines is 2. The van der Waals surface area contributed by atoms with Crippen molar-refractivity contribution >= 4 is 17.1 Å². The molecule has 0 aliphatic carbocycles. The highest BCUT2D eigenvalue weighted by Crippen LogP contribution is 2.34. The Morgan fingerprint density at radius 3 is 2.32 bits per heavy atom. The second kappa shape index (κ2) is 6.35. The molecule has 0 saturated carbocycles. The molecule has 0 aliphatic heterocycles. The second-order valence-electron chi connectivity index (χ2n) is 4.28. The molecule has 106 valence electrons. The molecule has 0 unspecified atom stereocenters. The Balaban J connectivity index is 3.23. The lowest BCUT2D eigenvalue weighted by atomic mass is 9.97. The molecular weight excluding hydrogens is 250 g/mol. The Bertz CT molecular complexity index is 438. The van der Waals surface area contributed by atoms with Crippen molar-refractivity contribution in [1.29, 1.82) is 0 Å². The molecule has 19 heavy (non-hydrogen) atoms. The third kappa shape index (κ3) is 3.12. The van der Waals surface area contributed by atoms with E-state index in [9.17, 15) is 20.3 Å². The van der Waals surface area contributed by atoms with Crippen molar-refractivity contribution in [3.05, 3.63) is 28.3 Å². The van der Waals surface area contributed by atoms with Crippen LogP contribution in [-0.4, -0.2) is 40.9 Å². The molecule has 7 nitrogen and oxygen atoms in total. The van der Waals surface area contributed by atoms with Gasteiger partial charge in [0.15, 0.2) is 0 Å². The number of nitrogens with zero attached hydrogens (tertiary/aromatic N) is 1. The molecule has 0 fully saturated rings. The summed E-state index contributed by atoms with van der Waals surface area (Å²) in [6, 6.07) is 4.81. The quantitative estimate of drug-likeness (QED) is 0.437. The van der Waals surface area contributed by atoms with Gasteiger partial charge in [-0.25, -0.2) is 0 Å². The van der Waals surface area contributed by atoms with Gasteiger partial charge in [0.25, 0.3) is 0 Å². The van der Waals surface area contributed by atoms with Crippen LogP contribution in [0.4, 0.5) is 17.1 Å². The monoisotopic (exact) mass is 269 g/mol. The van der Waals surface area contributed by atoms with Gasteiger partial charge in [-0.2, -0.15) is 0 Å². The third-order valence-electron chi connectivity index (χ3n) is 3.17. The summed E-state index contributed by atoms with van der Waals surface area (Å²) in [6.07, 6.45) is 0.431. The van der Waals surface area contributed by atoms with E-state index in [-0.39, 0.29) is 24.6 Å². The highest BCUT2D eigenvalue weighted by molar-refractivity contribution is 5.76. The predicted octanol–water partition coefficient (Wildman–Crippen LogP) is 1.18. The molecule has 0 radical (unpaired) electrons. The first-order chi connectivity index (χ1) is 9.03. The van der Waals surface area contributed by atoms with Crippen LogP contribution in [0.3, 0.4) is 0 Å². The molecule has 4 N–H and O–H groups in total. The number of rotatable bonds is 7. The van der Waals surface area contributed by atoms with Crippen LogP contribution in [0.1, 0.15) is 13.3 Å². The highest BCUT2D eigenvalue weighted by Gasteiger charge is 2.30. The first-order valence-corrected chi connectivity index (χ1v) is 5.98. The summed E-state index contributed by atoms with van der Waals surface area (Å²) in [5, 5.41) is 35.6. The van der Waals surface area contributed by atoms with Gasteiger partial charge in [0, 0.05) is 7.05 Å². The van der Waals surface area contributed by atoms with Gasteiger partial charge in [-0.1, -0.05) is 13.0 Å². The zero-order valence-electron chi connectivity index (χ0n) is 11.0. The third-order valence-corrected chi connectivity index (χ3v) is 3.17. The van der Waals surface area contributed by atoms with E-state index in [1.165, 1.54) is 0 Å². The fourth-order valence-electron chi connectivity index (χ4n) is 1.77. The first kappa shape index (κ1) is 15.2. The van der Waals surface area contributed by atoms with Crippen molar-refractivity contribution in [3.63, 3.8) is 0 Å². The molecule has 0 saturated heterocycles. The maximum absolute atomic E-state index is 11.2. The maximum Gasteiger partial charge on any atom is 0.315 e. The van der Waals surface area contributed by atoms with Crippen molar-refractivity contribution in [2.45, 2.75) is 18.9 Å². The van der Waals surface area contributed by atoms with Crippen molar-refractivity contribution in [2.24, 2.45) is 0 Å². The van der Waals surface area contributed by atoms with Crippen LogP contribution in [0.15, 0.2) is 18.2 Å². The Morgan fingerprint density at radius 2 is 1.89 bits per heavy atom. The van der Waals surface area contributed by atoms with E-state index in [2.05, 4.69) is 10.6 Å². The zero-order valence-corrected chi connectivity index (χ0v) is 11.0. The van der Waals surface area contributed by atoms with Gasteiger partial charge >= 0.3 is 5.69 Å². The Labute approximate surface area is 111 Å². The lowest BCUT2D eigenvalue weighted by molar-refractivity contribution is -0.383. The summed E-state index contributed by atoms with van der Waals surface area (Å²) in [5.41, 5.74) is -0.445. The number of aliphatic hydroxyl groups excluding tert-OH is 2. The number of hydrogen-bond acceptors (Lipinski definition) is 6. The second-order valence-corrected chi connectivity index (χ2v) is 4.28. The molecule has 0 amide bonds. The summed E-state index contributed by atoms with van der Waals surface area (Å²) >= 11 is 0. The molecule has 0 atom stereocenters. The number of nitrogens with one attached hydrogen (secondary N) is 2. The van der Waals surface area contributed by atoms with Gasteiger partial charge in [0.2, 0.25) is 0 Å². The summed E-state index contributed by atoms with van der Waals surface area (Å²) in [4.78, 5) is 10.7. The van der Waals surface area contributed by atoms with E-state index in [4.69, 9.17) is 0 Å². The summed E-state index contributed by atoms with van der Waals surface area (Å²) in [7, 11) is 1.59. The number of aliphatic hydroxyl groups is 2. The van der Waals surface area contributed by atoms with Crippen molar-refractivity contribution in [1.82, 2.24) is 0 Å². The Morgan fingerprint density at radius 1 is 1.32 bits per heavy atom. The lowest BCUT2D eigenvalue weighted by Crippen LogP contribution is -2.45. The molecule has 0 heterocycles. The van der Waals surface area contributed by atoms with Gasteiger partial charge in [-0.3, -0.25) is 10.1 Å². The van der Waals surface area contributed by atoms with Gasteiger partial charge in [-0.05, 0) is 18.6 Å². The van der Waals surface area contributed by atoms with E-state index in [1.807, 2.05) is 0 Å². The van der Waals surface area contributed by atoms with E-state index in [0.29, 0.717) is 12.1 Å². The standard InChI is InChI=1S/C12H19N3O4/c1-3-12(7-16,8-17)14-10-6-4-5-9(13-2)11(10)15(18)19/h4-6,13-14,16-17H,3,7-8H2,1-2H3.